The first-order valence-corrected chi connectivity index (χ1v) is 10.4. The van der Waals surface area contributed by atoms with Crippen LogP contribution in [0.1, 0.15) is 39.0 Å². The number of fused-ring (bicyclic) bond motifs is 5. The van der Waals surface area contributed by atoms with Crippen molar-refractivity contribution in [1.82, 2.24) is 0 Å². The van der Waals surface area contributed by atoms with E-state index in [1.807, 2.05) is 6.08 Å². The molecule has 0 aromatic heterocycles. The van der Waals surface area contributed by atoms with Crippen molar-refractivity contribution in [3.8, 4) is 0 Å². The molecule has 7 atom stereocenters. The van der Waals surface area contributed by atoms with Crippen LogP contribution in [-0.2, 0) is 9.59 Å². The molecule has 0 heterocycles. The number of hydrogen-bond acceptors (Lipinski definition) is 5. The van der Waals surface area contributed by atoms with Crippen LogP contribution in [0.4, 0.5) is 0 Å². The summed E-state index contributed by atoms with van der Waals surface area (Å²) in [5.41, 5.74) is 0.839. The van der Waals surface area contributed by atoms with E-state index in [0.717, 1.165) is 37.5 Å². The number of ketones is 2. The van der Waals surface area contributed by atoms with Crippen molar-refractivity contribution in [2.45, 2.75) is 48.6 Å². The lowest BCUT2D eigenvalue weighted by molar-refractivity contribution is -0.124. The number of nitrogens with zero attached hydrogens (tertiary/aromatic N) is 1. The molecule has 0 aromatic rings. The van der Waals surface area contributed by atoms with Crippen molar-refractivity contribution in [3.63, 3.8) is 0 Å². The first-order valence-electron chi connectivity index (χ1n) is 9.33. The van der Waals surface area contributed by atoms with Crippen LogP contribution in [0.3, 0.4) is 0 Å². The molecule has 0 aromatic carbocycles. The van der Waals surface area contributed by atoms with Gasteiger partial charge < -0.3 is 10.3 Å². The fraction of sp³-hybridized carbons (Fsp3) is 0.650. The van der Waals surface area contributed by atoms with E-state index >= 15 is 0 Å². The van der Waals surface area contributed by atoms with Gasteiger partial charge in [0.2, 0.25) is 0 Å². The van der Waals surface area contributed by atoms with Gasteiger partial charge in [-0.25, -0.2) is 0 Å². The van der Waals surface area contributed by atoms with E-state index in [0.29, 0.717) is 18.3 Å². The summed E-state index contributed by atoms with van der Waals surface area (Å²) in [5, 5.41) is 22.9. The van der Waals surface area contributed by atoms with Gasteiger partial charge in [-0.05, 0) is 67.4 Å². The van der Waals surface area contributed by atoms with Crippen molar-refractivity contribution in [2.75, 3.05) is 0 Å². The molecule has 4 aliphatic carbocycles. The van der Waals surface area contributed by atoms with Crippen LogP contribution in [0.15, 0.2) is 29.0 Å². The lowest BCUT2D eigenvalue weighted by atomic mass is 9.50. The summed E-state index contributed by atoms with van der Waals surface area (Å²) < 4.78 is -0.637. The van der Waals surface area contributed by atoms with Crippen molar-refractivity contribution in [1.29, 1.82) is 0 Å². The number of carbonyl (C=O) groups excluding carboxylic acids is 2. The Kier molecular flexibility index (Phi) is 4.42. The number of oxime groups is 1. The summed E-state index contributed by atoms with van der Waals surface area (Å²) in [4.78, 5) is 24.4. The molecule has 140 valence electrons. The van der Waals surface area contributed by atoms with Crippen LogP contribution in [0.5, 0.6) is 0 Å². The molecular formula is C20H24INO4. The molecule has 26 heavy (non-hydrogen) atoms. The number of rotatable bonds is 2. The normalized spacial score (nSPS) is 47.3. The van der Waals surface area contributed by atoms with Crippen LogP contribution < -0.4 is 0 Å². The van der Waals surface area contributed by atoms with Gasteiger partial charge in [0.05, 0.1) is 9.53 Å². The fourth-order valence-corrected chi connectivity index (χ4v) is 7.50. The van der Waals surface area contributed by atoms with Crippen molar-refractivity contribution in [2.24, 2.45) is 34.2 Å². The first kappa shape index (κ1) is 18.3. The Morgan fingerprint density at radius 1 is 1.42 bits per heavy atom. The molecule has 5 nitrogen and oxygen atoms in total. The van der Waals surface area contributed by atoms with Crippen LogP contribution in [0.2, 0.25) is 0 Å². The molecule has 0 radical (unpaired) electrons. The molecule has 0 amide bonds. The maximum absolute atomic E-state index is 12.7. The summed E-state index contributed by atoms with van der Waals surface area (Å²) in [6.45, 7) is 2.13. The minimum Gasteiger partial charge on any atom is -0.411 e. The zero-order valence-corrected chi connectivity index (χ0v) is 16.9. The van der Waals surface area contributed by atoms with Gasteiger partial charge in [-0.2, -0.15) is 0 Å². The molecule has 4 rings (SSSR count). The molecule has 2 N–H and O–H groups in total. The van der Waals surface area contributed by atoms with Gasteiger partial charge in [0, 0.05) is 5.92 Å². The van der Waals surface area contributed by atoms with Crippen LogP contribution >= 0.6 is 22.6 Å². The summed E-state index contributed by atoms with van der Waals surface area (Å²) >= 11 is 2.25. The van der Waals surface area contributed by atoms with E-state index in [9.17, 15) is 14.7 Å². The molecule has 6 heteroatoms. The number of carbonyl (C=O) groups is 2. The number of allylic oxidation sites excluding steroid dienone is 4. The van der Waals surface area contributed by atoms with E-state index in [4.69, 9.17) is 5.21 Å². The molecule has 0 spiro atoms. The third-order valence-corrected chi connectivity index (χ3v) is 9.89. The van der Waals surface area contributed by atoms with Gasteiger partial charge in [-0.1, -0.05) is 46.3 Å². The second-order valence-electron chi connectivity index (χ2n) is 8.53. The minimum absolute atomic E-state index is 0.0471. The van der Waals surface area contributed by atoms with Crippen LogP contribution in [0.25, 0.3) is 0 Å². The quantitative estimate of drug-likeness (QED) is 0.214. The second kappa shape index (κ2) is 6.26. The van der Waals surface area contributed by atoms with Gasteiger partial charge in [0.1, 0.15) is 6.21 Å². The SMILES string of the molecule is CC12C[C@H](O)C3C4C=CC(=O)C=C4CCC3C1CCC2(I)C(=O)/C=N\O. The number of aliphatic hydroxyl groups is 1. The predicted octanol–water partition coefficient (Wildman–Crippen LogP) is 3.08. The number of hydrogen-bond donors (Lipinski definition) is 2. The summed E-state index contributed by atoms with van der Waals surface area (Å²) in [5.74, 6) is 0.861. The molecule has 0 aliphatic heterocycles. The molecular weight excluding hydrogens is 445 g/mol. The summed E-state index contributed by atoms with van der Waals surface area (Å²) in [6, 6.07) is 0. The number of Topliss-reactive ketones (excluding diaryl/α,β-unsaturated/α-hetero) is 1. The molecule has 4 aliphatic rings. The predicted molar refractivity (Wildman–Crippen MR) is 105 cm³/mol. The van der Waals surface area contributed by atoms with Gasteiger partial charge >= 0.3 is 0 Å². The average molecular weight is 469 g/mol. The molecule has 0 saturated heterocycles. The lowest BCUT2D eigenvalue weighted by Gasteiger charge is -2.56. The van der Waals surface area contributed by atoms with Gasteiger partial charge in [0.25, 0.3) is 0 Å². The van der Waals surface area contributed by atoms with Gasteiger partial charge in [-0.3, -0.25) is 9.59 Å². The standard InChI is InChI=1S/C20H24INO4/c1-19-9-16(24)18-13-5-3-12(23)8-11(13)2-4-14(18)15(19)6-7-20(19,21)17(25)10-22-26/h3,5,8,10,13-16,18,24,26H,2,4,6-7,9H2,1H3/b22-10-/t13?,14?,15?,16-,18?,19?,20?/m0/s1. The summed E-state index contributed by atoms with van der Waals surface area (Å²) in [6.07, 6.45) is 10.0. The number of halogens is 1. The third-order valence-electron chi connectivity index (χ3n) is 7.58. The lowest BCUT2D eigenvalue weighted by Crippen LogP contribution is -2.57. The zero-order chi connectivity index (χ0) is 18.7. The van der Waals surface area contributed by atoms with E-state index in [-0.39, 0.29) is 28.8 Å². The highest BCUT2D eigenvalue weighted by molar-refractivity contribution is 14.1. The third kappa shape index (κ3) is 2.40. The van der Waals surface area contributed by atoms with Crippen LogP contribution in [0, 0.1) is 29.1 Å². The van der Waals surface area contributed by atoms with Gasteiger partial charge in [-0.15, -0.1) is 0 Å². The van der Waals surface area contributed by atoms with Crippen molar-refractivity contribution < 1.29 is 19.9 Å². The zero-order valence-electron chi connectivity index (χ0n) is 14.8. The largest absolute Gasteiger partial charge is 0.411 e. The molecule has 3 saturated carbocycles. The molecule has 3 fully saturated rings. The van der Waals surface area contributed by atoms with E-state index in [1.54, 1.807) is 12.2 Å². The first-order chi connectivity index (χ1) is 12.3. The number of aliphatic hydroxyl groups excluding tert-OH is 1. The Hall–Kier alpha value is -1.02. The van der Waals surface area contributed by atoms with E-state index in [2.05, 4.69) is 34.7 Å². The molecule has 6 unspecified atom stereocenters. The topological polar surface area (TPSA) is 87.0 Å². The Morgan fingerprint density at radius 2 is 2.19 bits per heavy atom. The second-order valence-corrected chi connectivity index (χ2v) is 10.4. The van der Waals surface area contributed by atoms with E-state index in [1.165, 1.54) is 0 Å². The number of alkyl halides is 1. The Balaban J connectivity index is 1.70. The van der Waals surface area contributed by atoms with Crippen molar-refractivity contribution >= 4 is 40.4 Å². The Bertz CT molecular complexity index is 744. The highest BCUT2D eigenvalue weighted by Crippen LogP contribution is 2.67. The monoisotopic (exact) mass is 469 g/mol. The Morgan fingerprint density at radius 3 is 2.92 bits per heavy atom. The highest BCUT2D eigenvalue weighted by atomic mass is 127. The van der Waals surface area contributed by atoms with Gasteiger partial charge in [0.15, 0.2) is 11.6 Å². The average Bonchev–Trinajstić information content (AvgIpc) is 2.87. The fourth-order valence-electron chi connectivity index (χ4n) is 6.43. The minimum atomic E-state index is -0.637. The van der Waals surface area contributed by atoms with E-state index < -0.39 is 9.53 Å². The maximum atomic E-state index is 12.7. The Labute approximate surface area is 166 Å². The molecule has 0 bridgehead atoms. The van der Waals surface area contributed by atoms with Crippen LogP contribution in [-0.4, -0.2) is 37.6 Å². The smallest absolute Gasteiger partial charge is 0.193 e. The summed E-state index contributed by atoms with van der Waals surface area (Å²) in [7, 11) is 0. The highest BCUT2D eigenvalue weighted by Gasteiger charge is 2.66. The van der Waals surface area contributed by atoms with Crippen molar-refractivity contribution in [3.05, 3.63) is 23.8 Å². The maximum Gasteiger partial charge on any atom is 0.193 e.